The van der Waals surface area contributed by atoms with E-state index in [1.165, 1.54) is 0 Å². The molecule has 0 aliphatic carbocycles. The summed E-state index contributed by atoms with van der Waals surface area (Å²) >= 11 is 1.57. The molecule has 1 atom stereocenters. The van der Waals surface area contributed by atoms with E-state index in [0.29, 0.717) is 24.2 Å². The average molecular weight is 294 g/mol. The van der Waals surface area contributed by atoms with E-state index in [0.717, 1.165) is 19.4 Å². The van der Waals surface area contributed by atoms with Crippen molar-refractivity contribution in [2.45, 2.75) is 18.9 Å². The van der Waals surface area contributed by atoms with Gasteiger partial charge in [0.1, 0.15) is 6.54 Å². The lowest BCUT2D eigenvalue weighted by Crippen LogP contribution is -2.45. The Morgan fingerprint density at radius 2 is 2.40 bits per heavy atom. The highest BCUT2D eigenvalue weighted by atomic mass is 32.2. The molecule has 0 bridgehead atoms. The molecule has 0 N–H and O–H groups in total. The van der Waals surface area contributed by atoms with Crippen LogP contribution in [0.15, 0.2) is 18.7 Å². The molecule has 0 radical (unpaired) electrons. The summed E-state index contributed by atoms with van der Waals surface area (Å²) in [6.07, 6.45) is 7.58. The second kappa shape index (κ2) is 5.87. The van der Waals surface area contributed by atoms with E-state index in [2.05, 4.69) is 9.55 Å². The Balaban J connectivity index is 1.59. The van der Waals surface area contributed by atoms with Gasteiger partial charge in [-0.3, -0.25) is 9.59 Å². The zero-order valence-corrected chi connectivity index (χ0v) is 12.1. The third-order valence-corrected chi connectivity index (χ3v) is 4.79. The molecule has 0 spiro atoms. The summed E-state index contributed by atoms with van der Waals surface area (Å²) in [5, 5.41) is 0. The normalized spacial score (nSPS) is 23.4. The van der Waals surface area contributed by atoms with Crippen molar-refractivity contribution in [2.24, 2.45) is 0 Å². The Morgan fingerprint density at radius 3 is 3.10 bits per heavy atom. The highest BCUT2D eigenvalue weighted by molar-refractivity contribution is 8.00. The predicted octanol–water partition coefficient (Wildman–Crippen LogP) is 0.579. The maximum atomic E-state index is 12.3. The SMILES string of the molecule is O=C1CSCN1CC(=O)N1CCC[C@H](n2ccnc2)C1. The lowest BCUT2D eigenvalue weighted by atomic mass is 10.1. The van der Waals surface area contributed by atoms with Gasteiger partial charge in [-0.1, -0.05) is 0 Å². The molecule has 2 aliphatic heterocycles. The number of aromatic nitrogens is 2. The Bertz CT molecular complexity index is 491. The topological polar surface area (TPSA) is 58.4 Å². The Kier molecular flexibility index (Phi) is 3.95. The summed E-state index contributed by atoms with van der Waals surface area (Å²) in [6.45, 7) is 1.73. The van der Waals surface area contributed by atoms with Crippen molar-refractivity contribution < 1.29 is 9.59 Å². The Hall–Kier alpha value is -1.50. The van der Waals surface area contributed by atoms with Gasteiger partial charge < -0.3 is 14.4 Å². The van der Waals surface area contributed by atoms with Crippen LogP contribution < -0.4 is 0 Å². The van der Waals surface area contributed by atoms with Gasteiger partial charge in [0.15, 0.2) is 0 Å². The molecule has 108 valence electrons. The van der Waals surface area contributed by atoms with Crippen LogP contribution in [0.3, 0.4) is 0 Å². The molecule has 1 aromatic rings. The molecule has 2 saturated heterocycles. The van der Waals surface area contributed by atoms with Crippen molar-refractivity contribution in [3.8, 4) is 0 Å². The summed E-state index contributed by atoms with van der Waals surface area (Å²) < 4.78 is 2.07. The molecule has 6 nitrogen and oxygen atoms in total. The molecule has 20 heavy (non-hydrogen) atoms. The number of piperidine rings is 1. The number of hydrogen-bond acceptors (Lipinski definition) is 4. The van der Waals surface area contributed by atoms with Crippen LogP contribution in [0.2, 0.25) is 0 Å². The maximum absolute atomic E-state index is 12.3. The predicted molar refractivity (Wildman–Crippen MR) is 76.1 cm³/mol. The first-order chi connectivity index (χ1) is 9.74. The van der Waals surface area contributed by atoms with E-state index < -0.39 is 0 Å². The molecular weight excluding hydrogens is 276 g/mol. The number of hydrogen-bond donors (Lipinski definition) is 0. The van der Waals surface area contributed by atoms with Crippen molar-refractivity contribution in [1.29, 1.82) is 0 Å². The summed E-state index contributed by atoms with van der Waals surface area (Å²) in [5.74, 6) is 1.28. The van der Waals surface area contributed by atoms with Crippen molar-refractivity contribution in [3.63, 3.8) is 0 Å². The van der Waals surface area contributed by atoms with Crippen LogP contribution in [0.4, 0.5) is 0 Å². The van der Waals surface area contributed by atoms with Gasteiger partial charge in [-0.05, 0) is 12.8 Å². The average Bonchev–Trinajstić information content (AvgIpc) is 3.12. The highest BCUT2D eigenvalue weighted by Crippen LogP contribution is 2.22. The number of carbonyl (C=O) groups excluding carboxylic acids is 2. The lowest BCUT2D eigenvalue weighted by molar-refractivity contribution is -0.139. The molecule has 2 aliphatic rings. The van der Waals surface area contributed by atoms with Crippen molar-refractivity contribution in [1.82, 2.24) is 19.4 Å². The molecule has 2 amide bonds. The van der Waals surface area contributed by atoms with E-state index in [-0.39, 0.29) is 18.4 Å². The van der Waals surface area contributed by atoms with Gasteiger partial charge in [-0.15, -0.1) is 11.8 Å². The van der Waals surface area contributed by atoms with Crippen LogP contribution in [0, 0.1) is 0 Å². The molecule has 0 unspecified atom stereocenters. The van der Waals surface area contributed by atoms with Gasteiger partial charge in [0.05, 0.1) is 24.0 Å². The summed E-state index contributed by atoms with van der Waals surface area (Å²) in [5.41, 5.74) is 0. The zero-order chi connectivity index (χ0) is 13.9. The molecular formula is C13H18N4O2S. The summed E-state index contributed by atoms with van der Waals surface area (Å²) in [4.78, 5) is 31.5. The number of likely N-dealkylation sites (tertiary alicyclic amines) is 1. The molecule has 0 aromatic carbocycles. The van der Waals surface area contributed by atoms with Crippen molar-refractivity contribution in [2.75, 3.05) is 31.3 Å². The zero-order valence-electron chi connectivity index (χ0n) is 11.3. The second-order valence-electron chi connectivity index (χ2n) is 5.21. The maximum Gasteiger partial charge on any atom is 0.242 e. The minimum Gasteiger partial charge on any atom is -0.339 e. The van der Waals surface area contributed by atoms with Crippen molar-refractivity contribution >= 4 is 23.6 Å². The van der Waals surface area contributed by atoms with E-state index in [9.17, 15) is 9.59 Å². The van der Waals surface area contributed by atoms with E-state index in [4.69, 9.17) is 0 Å². The molecule has 2 fully saturated rings. The summed E-state index contributed by atoms with van der Waals surface area (Å²) in [6, 6.07) is 0.304. The largest absolute Gasteiger partial charge is 0.339 e. The van der Waals surface area contributed by atoms with E-state index in [1.54, 1.807) is 29.2 Å². The fourth-order valence-electron chi connectivity index (χ4n) is 2.71. The minimum absolute atomic E-state index is 0.0608. The molecule has 3 heterocycles. The van der Waals surface area contributed by atoms with Gasteiger partial charge in [0.25, 0.3) is 0 Å². The standard InChI is InChI=1S/C13H18N4O2S/c18-12(7-17-10-20-8-13(17)19)15-4-1-2-11(6-15)16-5-3-14-9-16/h3,5,9,11H,1-2,4,6-8,10H2/t11-/m0/s1. The van der Waals surface area contributed by atoms with Crippen LogP contribution in [0.25, 0.3) is 0 Å². The van der Waals surface area contributed by atoms with Gasteiger partial charge in [-0.25, -0.2) is 4.98 Å². The van der Waals surface area contributed by atoms with Crippen molar-refractivity contribution in [3.05, 3.63) is 18.7 Å². The third kappa shape index (κ3) is 2.82. The van der Waals surface area contributed by atoms with Crippen LogP contribution in [-0.2, 0) is 9.59 Å². The van der Waals surface area contributed by atoms with E-state index >= 15 is 0 Å². The summed E-state index contributed by atoms with van der Waals surface area (Å²) in [7, 11) is 0. The highest BCUT2D eigenvalue weighted by Gasteiger charge is 2.28. The van der Waals surface area contributed by atoms with Crippen LogP contribution in [0.5, 0.6) is 0 Å². The first-order valence-corrected chi connectivity index (χ1v) is 8.00. The van der Waals surface area contributed by atoms with Gasteiger partial charge in [-0.2, -0.15) is 0 Å². The molecule has 3 rings (SSSR count). The Morgan fingerprint density at radius 1 is 1.50 bits per heavy atom. The number of thioether (sulfide) groups is 1. The Labute approximate surface area is 122 Å². The lowest BCUT2D eigenvalue weighted by Gasteiger charge is -2.34. The van der Waals surface area contributed by atoms with Gasteiger partial charge >= 0.3 is 0 Å². The molecule has 0 saturated carbocycles. The molecule has 1 aromatic heterocycles. The van der Waals surface area contributed by atoms with Crippen LogP contribution in [-0.4, -0.2) is 62.4 Å². The van der Waals surface area contributed by atoms with E-state index in [1.807, 2.05) is 11.1 Å². The quantitative estimate of drug-likeness (QED) is 0.818. The van der Waals surface area contributed by atoms with Gasteiger partial charge in [0.2, 0.25) is 11.8 Å². The monoisotopic (exact) mass is 294 g/mol. The number of rotatable bonds is 3. The van der Waals surface area contributed by atoms with Crippen LogP contribution >= 0.6 is 11.8 Å². The number of carbonyl (C=O) groups is 2. The first kappa shape index (κ1) is 13.5. The minimum atomic E-state index is 0.0608. The second-order valence-corrected chi connectivity index (χ2v) is 6.17. The first-order valence-electron chi connectivity index (χ1n) is 6.85. The fraction of sp³-hybridized carbons (Fsp3) is 0.615. The third-order valence-electron chi connectivity index (χ3n) is 3.85. The smallest absolute Gasteiger partial charge is 0.242 e. The number of imidazole rings is 1. The molecule has 7 heteroatoms. The fourth-order valence-corrected chi connectivity index (χ4v) is 3.62. The number of nitrogens with zero attached hydrogens (tertiary/aromatic N) is 4. The van der Waals surface area contributed by atoms with Crippen LogP contribution in [0.1, 0.15) is 18.9 Å². The number of amides is 2. The van der Waals surface area contributed by atoms with Gasteiger partial charge in [0, 0.05) is 25.5 Å².